The lowest BCUT2D eigenvalue weighted by atomic mass is 10.1. The molecule has 2 aliphatic heterocycles. The van der Waals surface area contributed by atoms with Crippen molar-refractivity contribution in [3.8, 4) is 11.4 Å². The minimum atomic E-state index is -0.157. The number of β-amino-alcohol motifs (C(OH)–C–C–N with tert-alkyl or cyclic N) is 1. The van der Waals surface area contributed by atoms with E-state index < -0.39 is 0 Å². The Morgan fingerprint density at radius 1 is 1.33 bits per heavy atom. The SMILES string of the molecule is OC1CCCN(CCCNc2nc(-c3cccnc3)nc3c2CCNC3)C1. The highest BCUT2D eigenvalue weighted by molar-refractivity contribution is 5.59. The number of rotatable bonds is 6. The third-order valence-electron chi connectivity index (χ3n) is 5.28. The van der Waals surface area contributed by atoms with Gasteiger partial charge in [-0.25, -0.2) is 9.97 Å². The number of hydrogen-bond acceptors (Lipinski definition) is 7. The van der Waals surface area contributed by atoms with Crippen LogP contribution in [0.3, 0.4) is 0 Å². The number of nitrogens with zero attached hydrogens (tertiary/aromatic N) is 4. The van der Waals surface area contributed by atoms with Crippen LogP contribution in [0.15, 0.2) is 24.5 Å². The average molecular weight is 368 g/mol. The molecule has 1 saturated heterocycles. The smallest absolute Gasteiger partial charge is 0.163 e. The Kier molecular flexibility index (Phi) is 5.91. The molecule has 27 heavy (non-hydrogen) atoms. The number of aliphatic hydroxyl groups excluding tert-OH is 1. The summed E-state index contributed by atoms with van der Waals surface area (Å²) < 4.78 is 0. The molecule has 1 atom stereocenters. The molecule has 7 heteroatoms. The van der Waals surface area contributed by atoms with Crippen LogP contribution in [0.4, 0.5) is 5.82 Å². The fourth-order valence-corrected chi connectivity index (χ4v) is 3.87. The van der Waals surface area contributed by atoms with Gasteiger partial charge in [0.05, 0.1) is 11.8 Å². The average Bonchev–Trinajstić information content (AvgIpc) is 2.71. The molecule has 1 unspecified atom stereocenters. The zero-order chi connectivity index (χ0) is 18.5. The molecule has 0 amide bonds. The van der Waals surface area contributed by atoms with Crippen molar-refractivity contribution in [1.82, 2.24) is 25.2 Å². The van der Waals surface area contributed by atoms with Crippen LogP contribution in [-0.2, 0) is 13.0 Å². The molecule has 0 bridgehead atoms. The molecule has 2 aromatic rings. The molecule has 3 N–H and O–H groups in total. The van der Waals surface area contributed by atoms with Gasteiger partial charge in [0, 0.05) is 43.2 Å². The topological polar surface area (TPSA) is 86.2 Å². The van der Waals surface area contributed by atoms with Gasteiger partial charge in [-0.05, 0) is 57.5 Å². The van der Waals surface area contributed by atoms with E-state index in [9.17, 15) is 5.11 Å². The summed E-state index contributed by atoms with van der Waals surface area (Å²) in [6.45, 7) is 5.52. The summed E-state index contributed by atoms with van der Waals surface area (Å²) in [6.07, 6.45) is 7.43. The largest absolute Gasteiger partial charge is 0.392 e. The summed E-state index contributed by atoms with van der Waals surface area (Å²) in [5.74, 6) is 1.69. The molecule has 2 aliphatic rings. The second-order valence-corrected chi connectivity index (χ2v) is 7.37. The fourth-order valence-electron chi connectivity index (χ4n) is 3.87. The van der Waals surface area contributed by atoms with Crippen LogP contribution in [-0.4, -0.2) is 63.8 Å². The molecular weight excluding hydrogens is 340 g/mol. The van der Waals surface area contributed by atoms with E-state index in [2.05, 4.69) is 20.5 Å². The highest BCUT2D eigenvalue weighted by Gasteiger charge is 2.19. The van der Waals surface area contributed by atoms with E-state index in [-0.39, 0.29) is 6.10 Å². The first-order valence-corrected chi connectivity index (χ1v) is 9.95. The third kappa shape index (κ3) is 4.61. The Balaban J connectivity index is 1.43. The van der Waals surface area contributed by atoms with Gasteiger partial charge in [0.25, 0.3) is 0 Å². The normalized spacial score (nSPS) is 20.3. The lowest BCUT2D eigenvalue weighted by molar-refractivity contribution is 0.0706. The predicted molar refractivity (Wildman–Crippen MR) is 105 cm³/mol. The van der Waals surface area contributed by atoms with Crippen LogP contribution < -0.4 is 10.6 Å². The van der Waals surface area contributed by atoms with Crippen LogP contribution in [0.5, 0.6) is 0 Å². The maximum absolute atomic E-state index is 9.80. The van der Waals surface area contributed by atoms with Gasteiger partial charge in [-0.2, -0.15) is 0 Å². The van der Waals surface area contributed by atoms with Crippen LogP contribution in [0, 0.1) is 0 Å². The molecule has 4 rings (SSSR count). The zero-order valence-corrected chi connectivity index (χ0v) is 15.7. The number of likely N-dealkylation sites (tertiary alicyclic amines) is 1. The van der Waals surface area contributed by atoms with Gasteiger partial charge in [0.2, 0.25) is 0 Å². The zero-order valence-electron chi connectivity index (χ0n) is 15.7. The molecule has 2 aromatic heterocycles. The summed E-state index contributed by atoms with van der Waals surface area (Å²) >= 11 is 0. The van der Waals surface area contributed by atoms with Crippen molar-refractivity contribution in [2.45, 2.75) is 38.3 Å². The first-order chi connectivity index (χ1) is 13.3. The number of piperidine rings is 1. The van der Waals surface area contributed by atoms with Crippen LogP contribution >= 0.6 is 0 Å². The Bertz CT molecular complexity index is 754. The van der Waals surface area contributed by atoms with Crippen molar-refractivity contribution in [2.24, 2.45) is 0 Å². The monoisotopic (exact) mass is 368 g/mol. The lowest BCUT2D eigenvalue weighted by Crippen LogP contribution is -2.39. The number of aromatic nitrogens is 3. The summed E-state index contributed by atoms with van der Waals surface area (Å²) in [5.41, 5.74) is 3.25. The quantitative estimate of drug-likeness (QED) is 0.665. The molecule has 0 aromatic carbocycles. The molecule has 4 heterocycles. The van der Waals surface area contributed by atoms with E-state index in [1.165, 1.54) is 5.56 Å². The number of fused-ring (bicyclic) bond motifs is 1. The van der Waals surface area contributed by atoms with Gasteiger partial charge < -0.3 is 20.6 Å². The summed E-state index contributed by atoms with van der Waals surface area (Å²) in [5, 5.41) is 16.7. The van der Waals surface area contributed by atoms with E-state index >= 15 is 0 Å². The number of hydrogen-bond donors (Lipinski definition) is 3. The third-order valence-corrected chi connectivity index (χ3v) is 5.28. The van der Waals surface area contributed by atoms with Gasteiger partial charge >= 0.3 is 0 Å². The Labute approximate surface area is 160 Å². The van der Waals surface area contributed by atoms with Crippen molar-refractivity contribution in [3.05, 3.63) is 35.8 Å². The molecule has 0 radical (unpaired) electrons. The number of aliphatic hydroxyl groups is 1. The van der Waals surface area contributed by atoms with Gasteiger partial charge in [0.1, 0.15) is 5.82 Å². The van der Waals surface area contributed by atoms with Crippen LogP contribution in [0.1, 0.15) is 30.5 Å². The summed E-state index contributed by atoms with van der Waals surface area (Å²) in [7, 11) is 0. The Morgan fingerprint density at radius 2 is 2.30 bits per heavy atom. The van der Waals surface area contributed by atoms with E-state index in [4.69, 9.17) is 9.97 Å². The number of anilines is 1. The second kappa shape index (κ2) is 8.73. The standard InChI is InChI=1S/C20H28N6O/c27-16-5-2-10-26(14-16)11-3-8-23-20-17-6-9-22-13-18(17)24-19(25-20)15-4-1-7-21-12-15/h1,4,7,12,16,22,27H,2-3,5-6,8-11,13-14H2,(H,23,24,25). The van der Waals surface area contributed by atoms with Crippen LogP contribution in [0.2, 0.25) is 0 Å². The molecule has 0 saturated carbocycles. The fraction of sp³-hybridized carbons (Fsp3) is 0.550. The molecule has 144 valence electrons. The maximum Gasteiger partial charge on any atom is 0.163 e. The lowest BCUT2D eigenvalue weighted by Gasteiger charge is -2.30. The molecule has 1 fully saturated rings. The Morgan fingerprint density at radius 3 is 3.15 bits per heavy atom. The van der Waals surface area contributed by atoms with E-state index in [0.29, 0.717) is 0 Å². The molecule has 0 spiro atoms. The highest BCUT2D eigenvalue weighted by Crippen LogP contribution is 2.24. The maximum atomic E-state index is 9.80. The minimum Gasteiger partial charge on any atom is -0.392 e. The second-order valence-electron chi connectivity index (χ2n) is 7.37. The van der Waals surface area contributed by atoms with Crippen molar-refractivity contribution in [3.63, 3.8) is 0 Å². The highest BCUT2D eigenvalue weighted by atomic mass is 16.3. The first-order valence-electron chi connectivity index (χ1n) is 9.95. The summed E-state index contributed by atoms with van der Waals surface area (Å²) in [4.78, 5) is 16.1. The van der Waals surface area contributed by atoms with Gasteiger partial charge in [-0.1, -0.05) is 0 Å². The van der Waals surface area contributed by atoms with E-state index in [1.807, 2.05) is 18.3 Å². The summed E-state index contributed by atoms with van der Waals surface area (Å²) in [6, 6.07) is 3.91. The van der Waals surface area contributed by atoms with Crippen molar-refractivity contribution in [2.75, 3.05) is 38.0 Å². The van der Waals surface area contributed by atoms with E-state index in [0.717, 1.165) is 87.9 Å². The van der Waals surface area contributed by atoms with Crippen molar-refractivity contribution >= 4 is 5.82 Å². The minimum absolute atomic E-state index is 0.157. The Hall–Kier alpha value is -2.09. The number of pyridine rings is 1. The number of nitrogens with one attached hydrogen (secondary N) is 2. The van der Waals surface area contributed by atoms with E-state index in [1.54, 1.807) is 6.20 Å². The first kappa shape index (κ1) is 18.3. The molecule has 0 aliphatic carbocycles. The molecular formula is C20H28N6O. The predicted octanol–water partition coefficient (Wildman–Crippen LogP) is 1.44. The van der Waals surface area contributed by atoms with Gasteiger partial charge in [-0.15, -0.1) is 0 Å². The van der Waals surface area contributed by atoms with Gasteiger partial charge in [0.15, 0.2) is 5.82 Å². The van der Waals surface area contributed by atoms with Crippen molar-refractivity contribution in [1.29, 1.82) is 0 Å². The van der Waals surface area contributed by atoms with Crippen LogP contribution in [0.25, 0.3) is 11.4 Å². The molecule has 7 nitrogen and oxygen atoms in total. The van der Waals surface area contributed by atoms with Gasteiger partial charge in [-0.3, -0.25) is 4.98 Å². The van der Waals surface area contributed by atoms with Crippen molar-refractivity contribution < 1.29 is 5.11 Å².